The predicted molar refractivity (Wildman–Crippen MR) is 170 cm³/mol. The lowest BCUT2D eigenvalue weighted by Crippen LogP contribution is -2.49. The van der Waals surface area contributed by atoms with Crippen LogP contribution in [-0.2, 0) is 5.41 Å². The van der Waals surface area contributed by atoms with Crippen LogP contribution in [0.5, 0.6) is 0 Å². The zero-order valence-corrected chi connectivity index (χ0v) is 25.0. The van der Waals surface area contributed by atoms with E-state index in [1.807, 2.05) is 30.0 Å². The fraction of sp³-hybridized carbons (Fsp3) is 0.444. The van der Waals surface area contributed by atoms with E-state index >= 15 is 0 Å². The monoisotopic (exact) mass is 561 g/mol. The Morgan fingerprint density at radius 2 is 1.57 bits per heavy atom. The summed E-state index contributed by atoms with van der Waals surface area (Å²) in [6, 6.07) is 27.2. The number of para-hydroxylation sites is 2. The molecule has 2 N–H and O–H groups in total. The number of anilines is 1. The molecule has 3 aliphatic heterocycles. The molecule has 3 saturated heterocycles. The van der Waals surface area contributed by atoms with E-state index in [2.05, 4.69) is 71.0 Å². The van der Waals surface area contributed by atoms with Crippen LogP contribution in [0.25, 0.3) is 11.0 Å². The molecule has 42 heavy (non-hydrogen) atoms. The van der Waals surface area contributed by atoms with Gasteiger partial charge in [-0.3, -0.25) is 9.69 Å². The van der Waals surface area contributed by atoms with Crippen LogP contribution in [0.4, 0.5) is 5.69 Å². The van der Waals surface area contributed by atoms with Crippen molar-refractivity contribution in [2.24, 2.45) is 0 Å². The van der Waals surface area contributed by atoms with Crippen molar-refractivity contribution in [1.82, 2.24) is 19.4 Å². The van der Waals surface area contributed by atoms with Gasteiger partial charge in [-0.05, 0) is 100 Å². The molecule has 1 amide bonds. The first-order valence-electron chi connectivity index (χ1n) is 15.8. The second-order valence-electron chi connectivity index (χ2n) is 13.0. The molecule has 0 radical (unpaired) electrons. The van der Waals surface area contributed by atoms with Crippen LogP contribution in [0.3, 0.4) is 0 Å². The van der Waals surface area contributed by atoms with Crippen LogP contribution in [0, 0.1) is 13.8 Å². The van der Waals surface area contributed by atoms with Gasteiger partial charge in [-0.1, -0.05) is 54.6 Å². The van der Waals surface area contributed by atoms with Crippen LogP contribution in [0.1, 0.15) is 78.3 Å². The Bertz CT molecular complexity index is 1550. The van der Waals surface area contributed by atoms with E-state index in [0.29, 0.717) is 29.4 Å². The summed E-state index contributed by atoms with van der Waals surface area (Å²) in [6.07, 6.45) is 8.11. The van der Waals surface area contributed by atoms with Crippen molar-refractivity contribution in [2.75, 3.05) is 25.4 Å². The lowest BCUT2D eigenvalue weighted by Gasteiger charge is -2.45. The van der Waals surface area contributed by atoms with Crippen molar-refractivity contribution in [2.45, 2.75) is 82.3 Å². The molecule has 1 aromatic heterocycles. The standard InChI is InChI=1S/C36H43N5O/c1-25-9-8-12-31(37)34(25)35(42)39-20-17-36(18-21-39,27-10-4-3-5-11-27)19-22-40-28-15-16-29(40)24-30(23-28)41-26(2)38-32-13-6-7-14-33(32)41/h3-14,28-30H,15-24,37H2,1-2H3. The third kappa shape index (κ3) is 4.70. The molecule has 2 bridgehead atoms. The van der Waals surface area contributed by atoms with Crippen LogP contribution in [-0.4, -0.2) is 57.0 Å². The molecular formula is C36H43N5O. The fourth-order valence-corrected chi connectivity index (χ4v) is 8.54. The third-order valence-electron chi connectivity index (χ3n) is 10.8. The Hall–Kier alpha value is -3.64. The number of aromatic nitrogens is 2. The molecule has 0 spiro atoms. The molecule has 2 unspecified atom stereocenters. The number of carbonyl (C=O) groups excluding carboxylic acids is 1. The summed E-state index contributed by atoms with van der Waals surface area (Å²) < 4.78 is 2.53. The number of likely N-dealkylation sites (tertiary alicyclic amines) is 1. The van der Waals surface area contributed by atoms with Crippen LogP contribution in [0.15, 0.2) is 72.8 Å². The minimum absolute atomic E-state index is 0.0784. The molecular weight excluding hydrogens is 518 g/mol. The van der Waals surface area contributed by atoms with Crippen molar-refractivity contribution in [3.8, 4) is 0 Å². The van der Waals surface area contributed by atoms with Crippen LogP contribution >= 0.6 is 0 Å². The zero-order valence-electron chi connectivity index (χ0n) is 25.0. The predicted octanol–water partition coefficient (Wildman–Crippen LogP) is 6.67. The first kappa shape index (κ1) is 27.2. The van der Waals surface area contributed by atoms with E-state index in [1.165, 1.54) is 36.8 Å². The number of nitrogens with zero attached hydrogens (tertiary/aromatic N) is 4. The smallest absolute Gasteiger partial charge is 0.256 e. The Morgan fingerprint density at radius 3 is 2.29 bits per heavy atom. The Kier molecular flexibility index (Phi) is 7.05. The topological polar surface area (TPSA) is 67.4 Å². The van der Waals surface area contributed by atoms with Gasteiger partial charge in [0.2, 0.25) is 0 Å². The van der Waals surface area contributed by atoms with Gasteiger partial charge >= 0.3 is 0 Å². The van der Waals surface area contributed by atoms with E-state index in [9.17, 15) is 4.79 Å². The molecule has 2 atom stereocenters. The number of rotatable bonds is 6. The summed E-state index contributed by atoms with van der Waals surface area (Å²) in [7, 11) is 0. The van der Waals surface area contributed by atoms with Gasteiger partial charge in [0.05, 0.1) is 16.6 Å². The van der Waals surface area contributed by atoms with Gasteiger partial charge in [0, 0.05) is 36.9 Å². The molecule has 3 aliphatic rings. The van der Waals surface area contributed by atoms with Gasteiger partial charge < -0.3 is 15.2 Å². The Labute approximate surface area is 249 Å². The van der Waals surface area contributed by atoms with E-state index in [4.69, 9.17) is 10.7 Å². The van der Waals surface area contributed by atoms with E-state index in [1.54, 1.807) is 0 Å². The minimum Gasteiger partial charge on any atom is -0.398 e. The number of nitrogen functional groups attached to an aromatic ring is 1. The van der Waals surface area contributed by atoms with Gasteiger partial charge in [-0.2, -0.15) is 0 Å². The Morgan fingerprint density at radius 1 is 0.881 bits per heavy atom. The molecule has 218 valence electrons. The number of imidazole rings is 1. The molecule has 0 saturated carbocycles. The molecule has 3 fully saturated rings. The third-order valence-corrected chi connectivity index (χ3v) is 10.8. The minimum atomic E-state index is 0.0784. The molecule has 6 nitrogen and oxygen atoms in total. The normalized spacial score (nSPS) is 23.9. The number of carbonyl (C=O) groups is 1. The number of aryl methyl sites for hydroxylation is 2. The van der Waals surface area contributed by atoms with E-state index in [-0.39, 0.29) is 11.3 Å². The number of piperidine rings is 2. The van der Waals surface area contributed by atoms with Gasteiger partial charge in [-0.15, -0.1) is 0 Å². The maximum absolute atomic E-state index is 13.6. The molecule has 4 heterocycles. The summed E-state index contributed by atoms with van der Waals surface area (Å²) >= 11 is 0. The quantitative estimate of drug-likeness (QED) is 0.267. The van der Waals surface area contributed by atoms with Gasteiger partial charge in [-0.25, -0.2) is 4.98 Å². The Balaban J connectivity index is 1.07. The maximum Gasteiger partial charge on any atom is 0.256 e. The molecule has 0 aliphatic carbocycles. The molecule has 7 rings (SSSR count). The van der Waals surface area contributed by atoms with Crippen molar-refractivity contribution in [3.05, 3.63) is 95.3 Å². The first-order chi connectivity index (χ1) is 20.4. The lowest BCUT2D eigenvalue weighted by molar-refractivity contribution is 0.0607. The second-order valence-corrected chi connectivity index (χ2v) is 13.0. The average molecular weight is 562 g/mol. The number of benzene rings is 3. The maximum atomic E-state index is 13.6. The SMILES string of the molecule is Cc1cccc(N)c1C(=O)N1CCC(CCN2C3CCC2CC(n2c(C)nc4ccccc42)C3)(c2ccccc2)CC1. The van der Waals surface area contributed by atoms with E-state index < -0.39 is 0 Å². The zero-order chi connectivity index (χ0) is 28.8. The van der Waals surface area contributed by atoms with Crippen molar-refractivity contribution in [3.63, 3.8) is 0 Å². The molecule has 4 aromatic rings. The summed E-state index contributed by atoms with van der Waals surface area (Å²) in [4.78, 5) is 23.3. The number of hydrogen-bond donors (Lipinski definition) is 1. The van der Waals surface area contributed by atoms with Crippen LogP contribution < -0.4 is 5.73 Å². The summed E-state index contributed by atoms with van der Waals surface area (Å²) in [5, 5.41) is 0. The first-order valence-corrected chi connectivity index (χ1v) is 15.8. The number of fused-ring (bicyclic) bond motifs is 3. The molecule has 6 heteroatoms. The number of hydrogen-bond acceptors (Lipinski definition) is 4. The number of nitrogens with two attached hydrogens (primary N) is 1. The van der Waals surface area contributed by atoms with Crippen molar-refractivity contribution >= 4 is 22.6 Å². The lowest BCUT2D eigenvalue weighted by atomic mass is 9.70. The molecule has 3 aromatic carbocycles. The highest BCUT2D eigenvalue weighted by Gasteiger charge is 2.44. The van der Waals surface area contributed by atoms with Gasteiger partial charge in [0.25, 0.3) is 5.91 Å². The van der Waals surface area contributed by atoms with Gasteiger partial charge in [0.1, 0.15) is 5.82 Å². The highest BCUT2D eigenvalue weighted by atomic mass is 16.2. The largest absolute Gasteiger partial charge is 0.398 e. The summed E-state index contributed by atoms with van der Waals surface area (Å²) in [5.41, 5.74) is 12.4. The summed E-state index contributed by atoms with van der Waals surface area (Å²) in [6.45, 7) is 6.81. The highest BCUT2D eigenvalue weighted by molar-refractivity contribution is 6.00. The average Bonchev–Trinajstić information content (AvgIpc) is 3.47. The highest BCUT2D eigenvalue weighted by Crippen LogP contribution is 2.45. The fourth-order valence-electron chi connectivity index (χ4n) is 8.54. The summed E-state index contributed by atoms with van der Waals surface area (Å²) in [5.74, 6) is 1.22. The van der Waals surface area contributed by atoms with Crippen molar-refractivity contribution in [1.29, 1.82) is 0 Å². The second kappa shape index (κ2) is 10.9. The van der Waals surface area contributed by atoms with Crippen LogP contribution in [0.2, 0.25) is 0 Å². The van der Waals surface area contributed by atoms with Crippen molar-refractivity contribution < 1.29 is 4.79 Å². The van der Waals surface area contributed by atoms with Gasteiger partial charge in [0.15, 0.2) is 0 Å². The van der Waals surface area contributed by atoms with E-state index in [0.717, 1.165) is 55.8 Å². The number of amides is 1.